The van der Waals surface area contributed by atoms with Gasteiger partial charge in [-0.3, -0.25) is 9.59 Å². The molecule has 1 aromatic carbocycles. The summed E-state index contributed by atoms with van der Waals surface area (Å²) in [5.74, 6) is -0.417. The Morgan fingerprint density at radius 3 is 2.54 bits per heavy atom. The smallest absolute Gasteiger partial charge is 0.355 e. The van der Waals surface area contributed by atoms with Crippen LogP contribution in [-0.4, -0.2) is 43.3 Å². The highest BCUT2D eigenvalue weighted by Crippen LogP contribution is 2.30. The first-order valence-corrected chi connectivity index (χ1v) is 8.25. The number of nitrogens with zero attached hydrogens (tertiary/aromatic N) is 1. The molecule has 0 bridgehead atoms. The molecule has 26 heavy (non-hydrogen) atoms. The summed E-state index contributed by atoms with van der Waals surface area (Å²) in [6.45, 7) is 4.18. The van der Waals surface area contributed by atoms with Crippen molar-refractivity contribution in [3.8, 4) is 11.5 Å². The van der Waals surface area contributed by atoms with Gasteiger partial charge >= 0.3 is 5.97 Å². The van der Waals surface area contributed by atoms with Gasteiger partial charge < -0.3 is 19.5 Å². The number of ether oxygens (including phenoxy) is 3. The summed E-state index contributed by atoms with van der Waals surface area (Å²) < 4.78 is 15.8. The lowest BCUT2D eigenvalue weighted by Gasteiger charge is -2.13. The summed E-state index contributed by atoms with van der Waals surface area (Å²) in [6.07, 6.45) is 0.343. The van der Waals surface area contributed by atoms with Crippen LogP contribution < -0.4 is 20.2 Å². The van der Waals surface area contributed by atoms with Crippen molar-refractivity contribution in [1.29, 1.82) is 0 Å². The molecule has 0 spiro atoms. The molecule has 0 unspecified atom stereocenters. The molecule has 0 saturated heterocycles. The van der Waals surface area contributed by atoms with Crippen LogP contribution in [-0.2, 0) is 19.1 Å². The number of rotatable bonds is 8. The number of nitrogens with one attached hydrogen (secondary N) is 2. The number of benzene rings is 1. The van der Waals surface area contributed by atoms with Gasteiger partial charge in [0.2, 0.25) is 5.91 Å². The minimum atomic E-state index is -0.734. The van der Waals surface area contributed by atoms with Gasteiger partial charge in [0.1, 0.15) is 5.71 Å². The van der Waals surface area contributed by atoms with Gasteiger partial charge in [-0.25, -0.2) is 10.2 Å². The van der Waals surface area contributed by atoms with E-state index in [0.717, 1.165) is 0 Å². The maximum Gasteiger partial charge on any atom is 0.355 e. The van der Waals surface area contributed by atoms with Crippen LogP contribution in [0.25, 0.3) is 0 Å². The Morgan fingerprint density at radius 2 is 1.88 bits per heavy atom. The van der Waals surface area contributed by atoms with E-state index in [2.05, 4.69) is 15.8 Å². The number of hydrazone groups is 1. The van der Waals surface area contributed by atoms with Gasteiger partial charge in [0, 0.05) is 24.6 Å². The number of amides is 2. The highest BCUT2D eigenvalue weighted by Gasteiger charge is 2.20. The van der Waals surface area contributed by atoms with Gasteiger partial charge in [0.15, 0.2) is 18.1 Å². The zero-order valence-electron chi connectivity index (χ0n) is 14.7. The maximum atomic E-state index is 12.0. The van der Waals surface area contributed by atoms with Crippen LogP contribution in [0.5, 0.6) is 11.5 Å². The van der Waals surface area contributed by atoms with E-state index in [4.69, 9.17) is 14.2 Å². The normalized spacial score (nSPS) is 13.3. The van der Waals surface area contributed by atoms with Crippen molar-refractivity contribution in [3.63, 3.8) is 0 Å². The highest BCUT2D eigenvalue weighted by atomic mass is 16.5. The van der Waals surface area contributed by atoms with Gasteiger partial charge in [0.05, 0.1) is 13.2 Å². The molecule has 0 aliphatic carbocycles. The average Bonchev–Trinajstić information content (AvgIpc) is 2.63. The van der Waals surface area contributed by atoms with E-state index in [1.807, 2.05) is 13.8 Å². The van der Waals surface area contributed by atoms with Gasteiger partial charge in [-0.15, -0.1) is 0 Å². The summed E-state index contributed by atoms with van der Waals surface area (Å²) in [5.41, 5.74) is 2.76. The molecular weight excluding hydrogens is 342 g/mol. The SMILES string of the molecule is CCOc1ccc(NC(=O)COC(=O)C2=NNC(=O)CC2)cc1OCC. The molecule has 0 aromatic heterocycles. The first-order valence-electron chi connectivity index (χ1n) is 8.25. The molecule has 0 fully saturated rings. The van der Waals surface area contributed by atoms with Crippen LogP contribution in [0.1, 0.15) is 26.7 Å². The molecule has 1 aliphatic rings. The van der Waals surface area contributed by atoms with E-state index in [1.165, 1.54) is 0 Å². The van der Waals surface area contributed by atoms with Crippen molar-refractivity contribution < 1.29 is 28.6 Å². The van der Waals surface area contributed by atoms with Crippen LogP contribution in [0.4, 0.5) is 5.69 Å². The van der Waals surface area contributed by atoms with Crippen molar-refractivity contribution in [2.75, 3.05) is 25.1 Å². The second kappa shape index (κ2) is 9.40. The molecule has 0 radical (unpaired) electrons. The molecule has 2 amide bonds. The number of esters is 1. The number of anilines is 1. The van der Waals surface area contributed by atoms with Gasteiger partial charge in [-0.2, -0.15) is 5.10 Å². The molecule has 1 aliphatic heterocycles. The zero-order valence-corrected chi connectivity index (χ0v) is 14.7. The standard InChI is InChI=1S/C17H21N3O6/c1-3-24-13-7-5-11(9-14(13)25-4-2)18-16(22)10-26-17(23)12-6-8-15(21)20-19-12/h5,7,9H,3-4,6,8,10H2,1-2H3,(H,18,22)(H,20,21). The lowest BCUT2D eigenvalue weighted by molar-refractivity contribution is -0.140. The third-order valence-electron chi connectivity index (χ3n) is 3.30. The maximum absolute atomic E-state index is 12.0. The molecule has 1 heterocycles. The second-order valence-electron chi connectivity index (χ2n) is 5.25. The van der Waals surface area contributed by atoms with Crippen LogP contribution in [0, 0.1) is 0 Å². The zero-order chi connectivity index (χ0) is 18.9. The lowest BCUT2D eigenvalue weighted by atomic mass is 10.2. The highest BCUT2D eigenvalue weighted by molar-refractivity contribution is 6.37. The average molecular weight is 363 g/mol. The van der Waals surface area contributed by atoms with Gasteiger partial charge in [-0.1, -0.05) is 0 Å². The molecule has 0 saturated carbocycles. The van der Waals surface area contributed by atoms with Crippen molar-refractivity contribution in [3.05, 3.63) is 18.2 Å². The Labute approximate surface area is 150 Å². The quantitative estimate of drug-likeness (QED) is 0.671. The van der Waals surface area contributed by atoms with Crippen LogP contribution in [0.2, 0.25) is 0 Å². The van der Waals surface area contributed by atoms with Crippen molar-refractivity contribution in [1.82, 2.24) is 5.43 Å². The van der Waals surface area contributed by atoms with E-state index in [1.54, 1.807) is 18.2 Å². The van der Waals surface area contributed by atoms with E-state index < -0.39 is 18.5 Å². The van der Waals surface area contributed by atoms with Crippen molar-refractivity contribution in [2.45, 2.75) is 26.7 Å². The molecule has 9 heteroatoms. The molecule has 2 N–H and O–H groups in total. The number of carbonyl (C=O) groups excluding carboxylic acids is 3. The van der Waals surface area contributed by atoms with Gasteiger partial charge in [-0.05, 0) is 26.0 Å². The van der Waals surface area contributed by atoms with E-state index in [0.29, 0.717) is 30.4 Å². The predicted molar refractivity (Wildman–Crippen MR) is 93.2 cm³/mol. The second-order valence-corrected chi connectivity index (χ2v) is 5.25. The Kier molecular flexibility index (Phi) is 6.95. The van der Waals surface area contributed by atoms with Crippen LogP contribution in [0.3, 0.4) is 0 Å². The molecule has 140 valence electrons. The fourth-order valence-corrected chi connectivity index (χ4v) is 2.16. The summed E-state index contributed by atoms with van der Waals surface area (Å²) in [7, 11) is 0. The molecular formula is C17H21N3O6. The first-order chi connectivity index (χ1) is 12.5. The molecule has 0 atom stereocenters. The van der Waals surface area contributed by atoms with Crippen LogP contribution in [0.15, 0.2) is 23.3 Å². The van der Waals surface area contributed by atoms with Gasteiger partial charge in [0.25, 0.3) is 5.91 Å². The van der Waals surface area contributed by atoms with E-state index in [9.17, 15) is 14.4 Å². The van der Waals surface area contributed by atoms with E-state index in [-0.39, 0.29) is 24.5 Å². The Bertz CT molecular complexity index is 716. The predicted octanol–water partition coefficient (Wildman–Crippen LogP) is 1.23. The molecule has 2 rings (SSSR count). The first kappa shape index (κ1) is 19.2. The van der Waals surface area contributed by atoms with E-state index >= 15 is 0 Å². The van der Waals surface area contributed by atoms with Crippen molar-refractivity contribution >= 4 is 29.2 Å². The summed E-state index contributed by atoms with van der Waals surface area (Å²) in [4.78, 5) is 34.7. The Balaban J connectivity index is 1.90. The summed E-state index contributed by atoms with van der Waals surface area (Å²) in [5, 5.41) is 6.23. The minimum Gasteiger partial charge on any atom is -0.490 e. The van der Waals surface area contributed by atoms with Crippen LogP contribution >= 0.6 is 0 Å². The number of hydrogen-bond donors (Lipinski definition) is 2. The van der Waals surface area contributed by atoms with Crippen molar-refractivity contribution in [2.24, 2.45) is 5.10 Å². The minimum absolute atomic E-state index is 0.0806. The molecule has 9 nitrogen and oxygen atoms in total. The third kappa shape index (κ3) is 5.47. The number of hydrogen-bond acceptors (Lipinski definition) is 7. The monoisotopic (exact) mass is 363 g/mol. The largest absolute Gasteiger partial charge is 0.490 e. The number of carbonyl (C=O) groups is 3. The Hall–Kier alpha value is -3.10. The third-order valence-corrected chi connectivity index (χ3v) is 3.30. The molecule has 1 aromatic rings. The lowest BCUT2D eigenvalue weighted by Crippen LogP contribution is -2.32. The summed E-state index contributed by atoms with van der Waals surface area (Å²) in [6, 6.07) is 4.98. The fraction of sp³-hybridized carbons (Fsp3) is 0.412. The topological polar surface area (TPSA) is 115 Å². The Morgan fingerprint density at radius 1 is 1.15 bits per heavy atom. The summed E-state index contributed by atoms with van der Waals surface area (Å²) >= 11 is 0. The fourth-order valence-electron chi connectivity index (χ4n) is 2.16.